The lowest BCUT2D eigenvalue weighted by atomic mass is 9.53. The maximum absolute atomic E-state index is 4.19. The summed E-state index contributed by atoms with van der Waals surface area (Å²) in [7, 11) is 0. The molecule has 0 nitrogen and oxygen atoms in total. The second-order valence-corrected chi connectivity index (χ2v) is 4.86. The van der Waals surface area contributed by atoms with Crippen LogP contribution in [0.5, 0.6) is 0 Å². The first-order valence-corrected chi connectivity index (χ1v) is 4.80. The van der Waals surface area contributed by atoms with Crippen LogP contribution in [0.25, 0.3) is 0 Å². The van der Waals surface area contributed by atoms with Gasteiger partial charge in [-0.05, 0) is 42.9 Å². The van der Waals surface area contributed by atoms with Crippen molar-refractivity contribution < 1.29 is 0 Å². The smallest absolute Gasteiger partial charge is 0.0149 e. The molecule has 3 aliphatic carbocycles. The van der Waals surface area contributed by atoms with Crippen molar-refractivity contribution in [1.82, 2.24) is 0 Å². The van der Waals surface area contributed by atoms with Gasteiger partial charge in [0.2, 0.25) is 0 Å². The van der Waals surface area contributed by atoms with Crippen molar-refractivity contribution >= 4 is 0 Å². The van der Waals surface area contributed by atoms with E-state index < -0.39 is 0 Å². The van der Waals surface area contributed by atoms with E-state index in [-0.39, 0.29) is 0 Å². The molecule has 11 heavy (non-hydrogen) atoms. The van der Waals surface area contributed by atoms with Crippen LogP contribution in [-0.2, 0) is 0 Å². The van der Waals surface area contributed by atoms with Crippen LogP contribution in [0.1, 0.15) is 39.5 Å². The fourth-order valence-corrected chi connectivity index (χ4v) is 2.95. The normalized spacial score (nSPS) is 41.1. The van der Waals surface area contributed by atoms with Gasteiger partial charge in [-0.1, -0.05) is 26.0 Å². The van der Waals surface area contributed by atoms with Crippen molar-refractivity contribution in [3.05, 3.63) is 12.2 Å². The molecule has 3 aliphatic rings. The molecule has 0 aromatic rings. The van der Waals surface area contributed by atoms with E-state index in [1.807, 2.05) is 0 Å². The summed E-state index contributed by atoms with van der Waals surface area (Å²) in [6.45, 7) is 9.03. The van der Waals surface area contributed by atoms with Gasteiger partial charge >= 0.3 is 0 Å². The molecule has 62 valence electrons. The van der Waals surface area contributed by atoms with Crippen LogP contribution in [0, 0.1) is 17.3 Å². The highest BCUT2D eigenvalue weighted by Gasteiger charge is 2.49. The van der Waals surface area contributed by atoms with E-state index in [9.17, 15) is 0 Å². The first-order chi connectivity index (χ1) is 5.12. The molecule has 0 aliphatic heterocycles. The van der Waals surface area contributed by atoms with Gasteiger partial charge in [0.25, 0.3) is 0 Å². The molecule has 0 aromatic carbocycles. The predicted molar refractivity (Wildman–Crippen MR) is 48.4 cm³/mol. The Labute approximate surface area is 69.7 Å². The molecule has 2 bridgehead atoms. The van der Waals surface area contributed by atoms with E-state index in [1.165, 1.54) is 31.3 Å². The van der Waals surface area contributed by atoms with Crippen LogP contribution in [0.3, 0.4) is 0 Å². The van der Waals surface area contributed by atoms with Crippen molar-refractivity contribution in [1.29, 1.82) is 0 Å². The second kappa shape index (κ2) is 2.12. The Kier molecular flexibility index (Phi) is 1.42. The molecule has 3 saturated carbocycles. The SMILES string of the molecule is C=C1CCCC2CC1C2(C)C. The summed E-state index contributed by atoms with van der Waals surface area (Å²) in [6.07, 6.45) is 5.57. The standard InChI is InChI=1S/C11H18/c1-8-5-4-6-9-7-10(8)11(9,2)3/h9-10H,1,4-7H2,2-3H3. The fourth-order valence-electron chi connectivity index (χ4n) is 2.95. The lowest BCUT2D eigenvalue weighted by molar-refractivity contribution is 0.00864. The summed E-state index contributed by atoms with van der Waals surface area (Å²) in [5, 5.41) is 0. The van der Waals surface area contributed by atoms with E-state index >= 15 is 0 Å². The molecule has 3 fully saturated rings. The molecule has 3 rings (SSSR count). The summed E-state index contributed by atoms with van der Waals surface area (Å²) in [4.78, 5) is 0. The Bertz CT molecular complexity index is 188. The van der Waals surface area contributed by atoms with Crippen molar-refractivity contribution in [2.24, 2.45) is 17.3 Å². The van der Waals surface area contributed by atoms with E-state index in [0.29, 0.717) is 5.41 Å². The monoisotopic (exact) mass is 150 g/mol. The molecule has 2 unspecified atom stereocenters. The third-order valence-corrected chi connectivity index (χ3v) is 4.01. The zero-order chi connectivity index (χ0) is 8.06. The molecular formula is C11H18. The van der Waals surface area contributed by atoms with E-state index in [4.69, 9.17) is 0 Å². The highest BCUT2D eigenvalue weighted by atomic mass is 14.5. The lowest BCUT2D eigenvalue weighted by Gasteiger charge is -2.51. The highest BCUT2D eigenvalue weighted by molar-refractivity contribution is 5.16. The van der Waals surface area contributed by atoms with Crippen LogP contribution in [0.15, 0.2) is 12.2 Å². The zero-order valence-electron chi connectivity index (χ0n) is 7.69. The quantitative estimate of drug-likeness (QED) is 0.464. The Morgan fingerprint density at radius 3 is 2.82 bits per heavy atom. The van der Waals surface area contributed by atoms with E-state index in [0.717, 1.165) is 11.8 Å². The van der Waals surface area contributed by atoms with Crippen molar-refractivity contribution in [3.8, 4) is 0 Å². The van der Waals surface area contributed by atoms with Crippen LogP contribution in [-0.4, -0.2) is 0 Å². The summed E-state index contributed by atoms with van der Waals surface area (Å²) in [5.41, 5.74) is 2.12. The average Bonchev–Trinajstić information content (AvgIpc) is 2.17. The van der Waals surface area contributed by atoms with Gasteiger partial charge in [-0.3, -0.25) is 0 Å². The van der Waals surface area contributed by atoms with Crippen LogP contribution < -0.4 is 0 Å². The third kappa shape index (κ3) is 0.881. The fraction of sp³-hybridized carbons (Fsp3) is 0.818. The Morgan fingerprint density at radius 1 is 1.45 bits per heavy atom. The van der Waals surface area contributed by atoms with E-state index in [2.05, 4.69) is 20.4 Å². The van der Waals surface area contributed by atoms with Gasteiger partial charge in [-0.15, -0.1) is 0 Å². The van der Waals surface area contributed by atoms with Crippen LogP contribution >= 0.6 is 0 Å². The topological polar surface area (TPSA) is 0 Å². The molecule has 0 N–H and O–H groups in total. The molecule has 0 amide bonds. The van der Waals surface area contributed by atoms with Crippen LogP contribution in [0.2, 0.25) is 0 Å². The van der Waals surface area contributed by atoms with Gasteiger partial charge in [0.1, 0.15) is 0 Å². The number of rotatable bonds is 0. The van der Waals surface area contributed by atoms with Gasteiger partial charge in [0.05, 0.1) is 0 Å². The van der Waals surface area contributed by atoms with Gasteiger partial charge in [-0.25, -0.2) is 0 Å². The van der Waals surface area contributed by atoms with Crippen molar-refractivity contribution in [2.45, 2.75) is 39.5 Å². The van der Waals surface area contributed by atoms with Crippen molar-refractivity contribution in [2.75, 3.05) is 0 Å². The maximum Gasteiger partial charge on any atom is -0.0149 e. The zero-order valence-corrected chi connectivity index (χ0v) is 7.69. The Hall–Kier alpha value is -0.260. The highest BCUT2D eigenvalue weighted by Crippen LogP contribution is 2.58. The molecule has 0 saturated heterocycles. The second-order valence-electron chi connectivity index (χ2n) is 4.86. The van der Waals surface area contributed by atoms with Crippen molar-refractivity contribution in [3.63, 3.8) is 0 Å². The third-order valence-electron chi connectivity index (χ3n) is 4.01. The largest absolute Gasteiger partial charge is 0.0996 e. The summed E-state index contributed by atoms with van der Waals surface area (Å²) in [6, 6.07) is 0. The van der Waals surface area contributed by atoms with Crippen LogP contribution in [0.4, 0.5) is 0 Å². The van der Waals surface area contributed by atoms with Gasteiger partial charge in [0, 0.05) is 0 Å². The summed E-state index contributed by atoms with van der Waals surface area (Å²) in [5.74, 6) is 1.86. The summed E-state index contributed by atoms with van der Waals surface area (Å²) < 4.78 is 0. The van der Waals surface area contributed by atoms with E-state index in [1.54, 1.807) is 0 Å². The summed E-state index contributed by atoms with van der Waals surface area (Å²) >= 11 is 0. The molecule has 0 heteroatoms. The molecule has 0 heterocycles. The first kappa shape index (κ1) is 7.39. The Morgan fingerprint density at radius 2 is 2.18 bits per heavy atom. The number of hydrogen-bond donors (Lipinski definition) is 0. The molecule has 0 radical (unpaired) electrons. The molecule has 2 atom stereocenters. The number of hydrogen-bond acceptors (Lipinski definition) is 0. The maximum atomic E-state index is 4.19. The minimum atomic E-state index is 0.591. The first-order valence-electron chi connectivity index (χ1n) is 4.80. The van der Waals surface area contributed by atoms with Gasteiger partial charge in [0.15, 0.2) is 0 Å². The lowest BCUT2D eigenvalue weighted by Crippen LogP contribution is -2.43. The minimum absolute atomic E-state index is 0.591. The van der Waals surface area contributed by atoms with Gasteiger partial charge < -0.3 is 0 Å². The average molecular weight is 150 g/mol. The number of fused-ring (bicyclic) bond motifs is 3. The minimum Gasteiger partial charge on any atom is -0.0996 e. The van der Waals surface area contributed by atoms with Gasteiger partial charge in [-0.2, -0.15) is 0 Å². The molecular weight excluding hydrogens is 132 g/mol. The Balaban J connectivity index is 2.22. The molecule has 0 spiro atoms. The molecule has 0 aromatic heterocycles. The number of allylic oxidation sites excluding steroid dienone is 1. The predicted octanol–water partition coefficient (Wildman–Crippen LogP) is 3.39.